The molecule has 0 radical (unpaired) electrons. The first-order valence-corrected chi connectivity index (χ1v) is 6.72. The van der Waals surface area contributed by atoms with E-state index in [0.29, 0.717) is 5.69 Å². The summed E-state index contributed by atoms with van der Waals surface area (Å²) in [7, 11) is 0. The zero-order valence-corrected chi connectivity index (χ0v) is 13.2. The van der Waals surface area contributed by atoms with Crippen LogP contribution in [0.2, 0.25) is 0 Å². The molecule has 1 rings (SSSR count). The number of hydrogen-bond acceptors (Lipinski definition) is 3. The Kier molecular flexibility index (Phi) is 4.37. The van der Waals surface area contributed by atoms with Gasteiger partial charge in [0.2, 0.25) is 0 Å². The van der Waals surface area contributed by atoms with Gasteiger partial charge in [-0.05, 0) is 33.6 Å². The van der Waals surface area contributed by atoms with E-state index in [4.69, 9.17) is 15.6 Å². The summed E-state index contributed by atoms with van der Waals surface area (Å²) in [4.78, 5) is 10.6. The fourth-order valence-electron chi connectivity index (χ4n) is 2.27. The molecule has 0 aliphatic heterocycles. The van der Waals surface area contributed by atoms with Gasteiger partial charge in [0.1, 0.15) is 6.61 Å². The molecule has 0 amide bonds. The molecule has 0 fully saturated rings. The van der Waals surface area contributed by atoms with Crippen molar-refractivity contribution in [3.63, 3.8) is 0 Å². The van der Waals surface area contributed by atoms with Gasteiger partial charge in [-0.3, -0.25) is 0 Å². The third-order valence-corrected chi connectivity index (χ3v) is 3.24. The second-order valence-corrected chi connectivity index (χ2v) is 7.15. The fraction of sp³-hybridized carbons (Fsp3) is 0.562. The van der Waals surface area contributed by atoms with Crippen LogP contribution in [0.25, 0.3) is 0 Å². The van der Waals surface area contributed by atoms with Gasteiger partial charge in [-0.25, -0.2) is 4.79 Å². The lowest BCUT2D eigenvalue weighted by Gasteiger charge is -2.28. The van der Waals surface area contributed by atoms with Gasteiger partial charge in [0.05, 0.1) is 0 Å². The lowest BCUT2D eigenvalue weighted by atomic mass is 9.78. The lowest BCUT2D eigenvalue weighted by Crippen LogP contribution is -2.20. The quantitative estimate of drug-likeness (QED) is 0.632. The molecule has 0 saturated carbocycles. The Morgan fingerprint density at radius 1 is 1.10 bits per heavy atom. The topological polar surface area (TPSA) is 72.5 Å². The number of carboxylic acid groups (broad SMARTS) is 1. The molecule has 0 aromatic heterocycles. The van der Waals surface area contributed by atoms with Crippen LogP contribution in [0.3, 0.4) is 0 Å². The van der Waals surface area contributed by atoms with E-state index in [1.54, 1.807) is 0 Å². The first-order chi connectivity index (χ1) is 8.93. The summed E-state index contributed by atoms with van der Waals surface area (Å²) in [5.74, 6) is 0. The molecule has 20 heavy (non-hydrogen) atoms. The maximum absolute atomic E-state index is 10.6. The largest absolute Gasteiger partial charge is 0.506 e. The zero-order chi connectivity index (χ0) is 15.7. The maximum Gasteiger partial charge on any atom is 0.506 e. The second-order valence-electron chi connectivity index (χ2n) is 7.15. The standard InChI is InChI=1S/C16H25NO3/c1-15(2,3)11-8-12(16(4,5)6)13(17)7-10(11)9-20-14(18)19/h7-8H,9,17H2,1-6H3,(H,18,19). The lowest BCUT2D eigenvalue weighted by molar-refractivity contribution is 0.0849. The molecular weight excluding hydrogens is 254 g/mol. The molecule has 0 aliphatic carbocycles. The molecule has 0 spiro atoms. The second kappa shape index (κ2) is 5.35. The predicted octanol–water partition coefficient (Wildman–Crippen LogP) is 4.06. The summed E-state index contributed by atoms with van der Waals surface area (Å²) >= 11 is 0. The van der Waals surface area contributed by atoms with Gasteiger partial charge in [-0.2, -0.15) is 0 Å². The Morgan fingerprint density at radius 3 is 2.00 bits per heavy atom. The number of ether oxygens (including phenoxy) is 1. The molecule has 112 valence electrons. The molecule has 3 N–H and O–H groups in total. The van der Waals surface area contributed by atoms with Gasteiger partial charge in [0.15, 0.2) is 0 Å². The Labute approximate surface area is 120 Å². The van der Waals surface area contributed by atoms with Crippen molar-refractivity contribution in [3.8, 4) is 0 Å². The Bertz CT molecular complexity index is 508. The number of anilines is 1. The number of hydrogen-bond donors (Lipinski definition) is 2. The minimum absolute atomic E-state index is 0.0244. The molecule has 4 nitrogen and oxygen atoms in total. The SMILES string of the molecule is CC(C)(C)c1cc(C(C)(C)C)c(COC(=O)O)cc1N. The Hall–Kier alpha value is -1.71. The van der Waals surface area contributed by atoms with Gasteiger partial charge >= 0.3 is 6.16 Å². The highest BCUT2D eigenvalue weighted by atomic mass is 16.7. The Balaban J connectivity index is 3.37. The number of nitrogen functional groups attached to an aromatic ring is 1. The van der Waals surface area contributed by atoms with Gasteiger partial charge in [0, 0.05) is 5.69 Å². The number of nitrogens with two attached hydrogens (primary N) is 1. The fourth-order valence-corrected chi connectivity index (χ4v) is 2.27. The molecule has 0 heterocycles. The first-order valence-electron chi connectivity index (χ1n) is 6.72. The van der Waals surface area contributed by atoms with Crippen LogP contribution in [0.15, 0.2) is 12.1 Å². The van der Waals surface area contributed by atoms with Crippen molar-refractivity contribution in [2.75, 3.05) is 5.73 Å². The van der Waals surface area contributed by atoms with Crippen LogP contribution in [-0.2, 0) is 22.2 Å². The number of carbonyl (C=O) groups is 1. The molecule has 0 aliphatic rings. The van der Waals surface area contributed by atoms with Gasteiger partial charge in [-0.15, -0.1) is 0 Å². The van der Waals surface area contributed by atoms with Crippen LogP contribution in [0.4, 0.5) is 10.5 Å². The van der Waals surface area contributed by atoms with Gasteiger partial charge < -0.3 is 15.6 Å². The van der Waals surface area contributed by atoms with Crippen molar-refractivity contribution < 1.29 is 14.6 Å². The molecule has 4 heteroatoms. The van der Waals surface area contributed by atoms with Crippen molar-refractivity contribution in [2.45, 2.75) is 59.0 Å². The first kappa shape index (κ1) is 16.3. The highest BCUT2D eigenvalue weighted by Gasteiger charge is 2.24. The van der Waals surface area contributed by atoms with E-state index in [1.165, 1.54) is 0 Å². The van der Waals surface area contributed by atoms with Gasteiger partial charge in [-0.1, -0.05) is 47.6 Å². The van der Waals surface area contributed by atoms with Crippen molar-refractivity contribution in [3.05, 3.63) is 28.8 Å². The predicted molar refractivity (Wildman–Crippen MR) is 81.1 cm³/mol. The summed E-state index contributed by atoms with van der Waals surface area (Å²) in [6, 6.07) is 3.92. The van der Waals surface area contributed by atoms with Crippen LogP contribution in [0.1, 0.15) is 58.2 Å². The average Bonchev–Trinajstić information content (AvgIpc) is 2.22. The summed E-state index contributed by atoms with van der Waals surface area (Å²) in [5.41, 5.74) is 9.60. The molecule has 0 unspecified atom stereocenters. The molecule has 0 atom stereocenters. The summed E-state index contributed by atoms with van der Waals surface area (Å²) in [6.07, 6.45) is -1.27. The van der Waals surface area contributed by atoms with Crippen molar-refractivity contribution >= 4 is 11.8 Å². The van der Waals surface area contributed by atoms with E-state index >= 15 is 0 Å². The maximum atomic E-state index is 10.6. The van der Waals surface area contributed by atoms with Crippen LogP contribution in [0.5, 0.6) is 0 Å². The minimum Gasteiger partial charge on any atom is -0.450 e. The van der Waals surface area contributed by atoms with Crippen LogP contribution in [0, 0.1) is 0 Å². The van der Waals surface area contributed by atoms with Crippen molar-refractivity contribution in [1.82, 2.24) is 0 Å². The third-order valence-electron chi connectivity index (χ3n) is 3.24. The number of rotatable bonds is 2. The van der Waals surface area contributed by atoms with Gasteiger partial charge in [0.25, 0.3) is 0 Å². The normalized spacial score (nSPS) is 12.3. The van der Waals surface area contributed by atoms with E-state index in [9.17, 15) is 4.79 Å². The molecular formula is C16H25NO3. The minimum atomic E-state index is -1.27. The van der Waals surface area contributed by atoms with E-state index in [0.717, 1.165) is 16.7 Å². The van der Waals surface area contributed by atoms with Crippen molar-refractivity contribution in [2.24, 2.45) is 0 Å². The third kappa shape index (κ3) is 3.89. The zero-order valence-electron chi connectivity index (χ0n) is 13.2. The number of benzene rings is 1. The smallest absolute Gasteiger partial charge is 0.450 e. The Morgan fingerprint density at radius 2 is 1.60 bits per heavy atom. The summed E-state index contributed by atoms with van der Waals surface area (Å²) in [5, 5.41) is 8.67. The van der Waals surface area contributed by atoms with Crippen LogP contribution >= 0.6 is 0 Å². The molecule has 1 aromatic carbocycles. The van der Waals surface area contributed by atoms with E-state index in [2.05, 4.69) is 47.6 Å². The average molecular weight is 279 g/mol. The van der Waals surface area contributed by atoms with Crippen LogP contribution in [-0.4, -0.2) is 11.3 Å². The van der Waals surface area contributed by atoms with E-state index in [1.807, 2.05) is 6.07 Å². The highest BCUT2D eigenvalue weighted by molar-refractivity contribution is 5.59. The van der Waals surface area contributed by atoms with Crippen LogP contribution < -0.4 is 5.73 Å². The molecule has 1 aromatic rings. The monoisotopic (exact) mass is 279 g/mol. The highest BCUT2D eigenvalue weighted by Crippen LogP contribution is 2.35. The van der Waals surface area contributed by atoms with E-state index < -0.39 is 6.16 Å². The summed E-state index contributed by atoms with van der Waals surface area (Å²) in [6.45, 7) is 12.6. The van der Waals surface area contributed by atoms with Crippen molar-refractivity contribution in [1.29, 1.82) is 0 Å². The van der Waals surface area contributed by atoms with E-state index in [-0.39, 0.29) is 17.4 Å². The summed E-state index contributed by atoms with van der Waals surface area (Å²) < 4.78 is 4.71. The molecule has 0 saturated heterocycles. The molecule has 0 bridgehead atoms.